The van der Waals surface area contributed by atoms with Gasteiger partial charge in [-0.3, -0.25) is 4.90 Å². The molecule has 6 heteroatoms. The molecule has 0 spiro atoms. The van der Waals surface area contributed by atoms with Crippen LogP contribution in [0.2, 0.25) is 0 Å². The Morgan fingerprint density at radius 1 is 1.17 bits per heavy atom. The van der Waals surface area contributed by atoms with Gasteiger partial charge in [0.2, 0.25) is 10.0 Å². The summed E-state index contributed by atoms with van der Waals surface area (Å²) in [6, 6.07) is 0.532. The molecule has 1 aliphatic rings. The number of sulfonamides is 1. The van der Waals surface area contributed by atoms with Crippen molar-refractivity contribution >= 4 is 10.0 Å². The highest BCUT2D eigenvalue weighted by atomic mass is 32.2. The Kier molecular flexibility index (Phi) is 6.55. The van der Waals surface area contributed by atoms with E-state index < -0.39 is 10.0 Å². The molecular weight excluding hydrogens is 252 g/mol. The SMILES string of the molecule is CCC(C)N1CCN(S(=O)(=O)CCCCO)CC1. The van der Waals surface area contributed by atoms with Gasteiger partial charge in [-0.2, -0.15) is 4.31 Å². The number of hydrogen-bond acceptors (Lipinski definition) is 4. The van der Waals surface area contributed by atoms with Crippen LogP contribution in [0.15, 0.2) is 0 Å². The molecule has 0 aliphatic carbocycles. The van der Waals surface area contributed by atoms with E-state index in [4.69, 9.17) is 5.11 Å². The van der Waals surface area contributed by atoms with E-state index >= 15 is 0 Å². The first kappa shape index (κ1) is 15.9. The number of aliphatic hydroxyl groups excluding tert-OH is 1. The third kappa shape index (κ3) is 4.50. The number of nitrogens with zero attached hydrogens (tertiary/aromatic N) is 2. The summed E-state index contributed by atoms with van der Waals surface area (Å²) in [5.74, 6) is 0.164. The lowest BCUT2D eigenvalue weighted by Crippen LogP contribution is -2.51. The minimum absolute atomic E-state index is 0.0668. The number of aliphatic hydroxyl groups is 1. The van der Waals surface area contributed by atoms with E-state index in [0.29, 0.717) is 32.0 Å². The van der Waals surface area contributed by atoms with Gasteiger partial charge in [-0.1, -0.05) is 6.92 Å². The Morgan fingerprint density at radius 2 is 1.78 bits per heavy atom. The van der Waals surface area contributed by atoms with Gasteiger partial charge in [-0.15, -0.1) is 0 Å². The monoisotopic (exact) mass is 278 g/mol. The fourth-order valence-corrected chi connectivity index (χ4v) is 3.75. The van der Waals surface area contributed by atoms with Crippen LogP contribution in [0.1, 0.15) is 33.1 Å². The summed E-state index contributed by atoms with van der Waals surface area (Å²) >= 11 is 0. The van der Waals surface area contributed by atoms with Crippen LogP contribution >= 0.6 is 0 Å². The molecule has 0 radical (unpaired) electrons. The zero-order valence-electron chi connectivity index (χ0n) is 11.5. The molecule has 1 saturated heterocycles. The van der Waals surface area contributed by atoms with Gasteiger partial charge in [0.05, 0.1) is 5.75 Å². The van der Waals surface area contributed by atoms with Crippen molar-refractivity contribution in [1.82, 2.24) is 9.21 Å². The lowest BCUT2D eigenvalue weighted by Gasteiger charge is -2.37. The fourth-order valence-electron chi connectivity index (χ4n) is 2.21. The Morgan fingerprint density at radius 3 is 2.28 bits per heavy atom. The van der Waals surface area contributed by atoms with Crippen molar-refractivity contribution in [1.29, 1.82) is 0 Å². The van der Waals surface area contributed by atoms with Crippen molar-refractivity contribution in [2.45, 2.75) is 39.2 Å². The Balaban J connectivity index is 2.41. The summed E-state index contributed by atoms with van der Waals surface area (Å²) in [5.41, 5.74) is 0. The third-order valence-electron chi connectivity index (χ3n) is 3.69. The van der Waals surface area contributed by atoms with Crippen LogP contribution < -0.4 is 0 Å². The first-order valence-corrected chi connectivity index (χ1v) is 8.45. The maximum absolute atomic E-state index is 12.0. The molecule has 1 unspecified atom stereocenters. The lowest BCUT2D eigenvalue weighted by molar-refractivity contribution is 0.142. The van der Waals surface area contributed by atoms with Gasteiger partial charge in [0.25, 0.3) is 0 Å². The molecular formula is C12H26N2O3S. The number of rotatable bonds is 7. The molecule has 0 bridgehead atoms. The van der Waals surface area contributed by atoms with Crippen LogP contribution in [-0.2, 0) is 10.0 Å². The molecule has 0 amide bonds. The van der Waals surface area contributed by atoms with Crippen molar-refractivity contribution in [3.63, 3.8) is 0 Å². The summed E-state index contributed by atoms with van der Waals surface area (Å²) in [6.45, 7) is 7.27. The molecule has 0 aromatic carbocycles. The summed E-state index contributed by atoms with van der Waals surface area (Å²) in [5, 5.41) is 8.68. The summed E-state index contributed by atoms with van der Waals surface area (Å²) in [6.07, 6.45) is 2.21. The normalized spacial score (nSPS) is 21.1. The van der Waals surface area contributed by atoms with E-state index in [1.807, 2.05) is 0 Å². The molecule has 0 aromatic rings. The van der Waals surface area contributed by atoms with Gasteiger partial charge in [0.15, 0.2) is 0 Å². The van der Waals surface area contributed by atoms with Crippen LogP contribution in [-0.4, -0.2) is 67.3 Å². The Hall–Kier alpha value is -0.170. The van der Waals surface area contributed by atoms with Gasteiger partial charge < -0.3 is 5.11 Å². The van der Waals surface area contributed by atoms with Crippen LogP contribution in [0.3, 0.4) is 0 Å². The second-order valence-corrected chi connectivity index (χ2v) is 7.03. The predicted molar refractivity (Wildman–Crippen MR) is 73.0 cm³/mol. The zero-order chi connectivity index (χ0) is 13.6. The highest BCUT2D eigenvalue weighted by Crippen LogP contribution is 2.13. The predicted octanol–water partition coefficient (Wildman–Crippen LogP) is 0.505. The highest BCUT2D eigenvalue weighted by Gasteiger charge is 2.27. The van der Waals surface area contributed by atoms with E-state index in [-0.39, 0.29) is 12.4 Å². The van der Waals surface area contributed by atoms with Gasteiger partial charge in [-0.25, -0.2) is 8.42 Å². The lowest BCUT2D eigenvalue weighted by atomic mass is 10.2. The minimum atomic E-state index is -3.12. The summed E-state index contributed by atoms with van der Waals surface area (Å²) in [7, 11) is -3.12. The first-order chi connectivity index (χ1) is 8.51. The van der Waals surface area contributed by atoms with E-state index in [1.165, 1.54) is 0 Å². The van der Waals surface area contributed by atoms with Gasteiger partial charge in [0.1, 0.15) is 0 Å². The van der Waals surface area contributed by atoms with Crippen molar-refractivity contribution in [2.75, 3.05) is 38.5 Å². The van der Waals surface area contributed by atoms with E-state index in [1.54, 1.807) is 4.31 Å². The number of piperazine rings is 1. The van der Waals surface area contributed by atoms with Gasteiger partial charge in [-0.05, 0) is 26.2 Å². The standard InChI is InChI=1S/C12H26N2O3S/c1-3-12(2)13-6-8-14(9-7-13)18(16,17)11-5-4-10-15/h12,15H,3-11H2,1-2H3. The Bertz CT molecular complexity index is 324. The molecule has 1 N–H and O–H groups in total. The summed E-state index contributed by atoms with van der Waals surface area (Å²) in [4.78, 5) is 2.35. The fraction of sp³-hybridized carbons (Fsp3) is 1.00. The first-order valence-electron chi connectivity index (χ1n) is 6.84. The molecule has 18 heavy (non-hydrogen) atoms. The molecule has 1 atom stereocenters. The van der Waals surface area contributed by atoms with Gasteiger partial charge >= 0.3 is 0 Å². The zero-order valence-corrected chi connectivity index (χ0v) is 12.3. The topological polar surface area (TPSA) is 60.9 Å². The van der Waals surface area contributed by atoms with E-state index in [9.17, 15) is 8.42 Å². The maximum atomic E-state index is 12.0. The van der Waals surface area contributed by atoms with Crippen LogP contribution in [0.5, 0.6) is 0 Å². The smallest absolute Gasteiger partial charge is 0.214 e. The van der Waals surface area contributed by atoms with Crippen molar-refractivity contribution < 1.29 is 13.5 Å². The van der Waals surface area contributed by atoms with Gasteiger partial charge in [0, 0.05) is 38.8 Å². The summed E-state index contributed by atoms with van der Waals surface area (Å²) < 4.78 is 25.7. The number of hydrogen-bond donors (Lipinski definition) is 1. The minimum Gasteiger partial charge on any atom is -0.396 e. The number of unbranched alkanes of at least 4 members (excludes halogenated alkanes) is 1. The van der Waals surface area contributed by atoms with Crippen molar-refractivity contribution in [3.05, 3.63) is 0 Å². The average molecular weight is 278 g/mol. The van der Waals surface area contributed by atoms with E-state index in [2.05, 4.69) is 18.7 Å². The third-order valence-corrected chi connectivity index (χ3v) is 5.65. The highest BCUT2D eigenvalue weighted by molar-refractivity contribution is 7.89. The second kappa shape index (κ2) is 7.43. The second-order valence-electron chi connectivity index (χ2n) is 4.94. The Labute approximate surface area is 111 Å². The average Bonchev–Trinajstić information content (AvgIpc) is 2.38. The molecule has 1 fully saturated rings. The molecule has 108 valence electrons. The maximum Gasteiger partial charge on any atom is 0.214 e. The quantitative estimate of drug-likeness (QED) is 0.689. The molecule has 1 aliphatic heterocycles. The van der Waals surface area contributed by atoms with Crippen LogP contribution in [0.4, 0.5) is 0 Å². The van der Waals surface area contributed by atoms with Crippen LogP contribution in [0, 0.1) is 0 Å². The van der Waals surface area contributed by atoms with E-state index in [0.717, 1.165) is 19.5 Å². The molecule has 5 nitrogen and oxygen atoms in total. The molecule has 0 saturated carbocycles. The van der Waals surface area contributed by atoms with Crippen molar-refractivity contribution in [2.24, 2.45) is 0 Å². The molecule has 1 heterocycles. The van der Waals surface area contributed by atoms with Crippen molar-refractivity contribution in [3.8, 4) is 0 Å². The molecule has 0 aromatic heterocycles. The van der Waals surface area contributed by atoms with Crippen LogP contribution in [0.25, 0.3) is 0 Å². The molecule has 1 rings (SSSR count). The largest absolute Gasteiger partial charge is 0.396 e.